The minimum atomic E-state index is -2.47. The highest BCUT2D eigenvalue weighted by Crippen LogP contribution is 2.35. The van der Waals surface area contributed by atoms with Gasteiger partial charge in [0.2, 0.25) is 5.06 Å². The van der Waals surface area contributed by atoms with Gasteiger partial charge in [0.25, 0.3) is 11.8 Å². The van der Waals surface area contributed by atoms with Crippen molar-refractivity contribution in [3.8, 4) is 0 Å². The normalized spacial score (nSPS) is 28.9. The average Bonchev–Trinajstić information content (AvgIpc) is 2.43. The maximum Gasteiger partial charge on any atom is 0.283 e. The Morgan fingerprint density at radius 3 is 2.24 bits per heavy atom. The zero-order chi connectivity index (χ0) is 12.8. The lowest BCUT2D eigenvalue weighted by atomic mass is 10.3. The van der Waals surface area contributed by atoms with Gasteiger partial charge in [-0.05, 0) is 24.3 Å². The van der Waals surface area contributed by atoms with E-state index in [-0.39, 0.29) is 5.69 Å². The third kappa shape index (κ3) is 1.80. The SMILES string of the molecule is O=C1C(Cl)C(O)(Cl)C(=O)N1c1ccc(F)cc1. The fourth-order valence-electron chi connectivity index (χ4n) is 1.48. The number of carbonyl (C=O) groups is 2. The van der Waals surface area contributed by atoms with Crippen LogP contribution in [-0.2, 0) is 9.59 Å². The highest BCUT2D eigenvalue weighted by Gasteiger charge is 2.58. The summed E-state index contributed by atoms with van der Waals surface area (Å²) in [5.41, 5.74) is 0.101. The first kappa shape index (κ1) is 12.3. The molecule has 0 saturated carbocycles. The summed E-state index contributed by atoms with van der Waals surface area (Å²) in [7, 11) is 0. The smallest absolute Gasteiger partial charge is 0.283 e. The van der Waals surface area contributed by atoms with Crippen LogP contribution in [-0.4, -0.2) is 27.4 Å². The van der Waals surface area contributed by atoms with Crippen LogP contribution in [0.1, 0.15) is 0 Å². The first-order chi connectivity index (χ1) is 7.85. The molecule has 7 heteroatoms. The monoisotopic (exact) mass is 277 g/mol. The lowest BCUT2D eigenvalue weighted by molar-refractivity contribution is -0.126. The number of aliphatic hydroxyl groups is 1. The van der Waals surface area contributed by atoms with Crippen LogP contribution < -0.4 is 4.90 Å². The molecule has 1 N–H and O–H groups in total. The van der Waals surface area contributed by atoms with Gasteiger partial charge in [-0.15, -0.1) is 11.6 Å². The van der Waals surface area contributed by atoms with Gasteiger partial charge in [0.15, 0.2) is 5.38 Å². The summed E-state index contributed by atoms with van der Waals surface area (Å²) in [5, 5.41) is 5.50. The number of hydrogen-bond acceptors (Lipinski definition) is 3. The van der Waals surface area contributed by atoms with Gasteiger partial charge in [0, 0.05) is 0 Å². The van der Waals surface area contributed by atoms with Gasteiger partial charge in [-0.2, -0.15) is 0 Å². The molecular weight excluding hydrogens is 272 g/mol. The van der Waals surface area contributed by atoms with Crippen LogP contribution in [0, 0.1) is 5.82 Å². The van der Waals surface area contributed by atoms with Crippen LogP contribution in [0.2, 0.25) is 0 Å². The van der Waals surface area contributed by atoms with Crippen LogP contribution in [0.4, 0.5) is 10.1 Å². The molecular formula is C10H6Cl2FNO3. The largest absolute Gasteiger partial charge is 0.366 e. The minimum absolute atomic E-state index is 0.101. The molecule has 1 saturated heterocycles. The van der Waals surface area contributed by atoms with E-state index in [4.69, 9.17) is 23.2 Å². The second-order valence-corrected chi connectivity index (χ2v) is 4.50. The second-order valence-electron chi connectivity index (χ2n) is 3.49. The van der Waals surface area contributed by atoms with Crippen molar-refractivity contribution in [2.24, 2.45) is 0 Å². The standard InChI is InChI=1S/C10H6Cl2FNO3/c11-7-8(15)14(9(16)10(7,12)17)6-3-1-5(13)2-4-6/h1-4,7,17H. The molecule has 1 aromatic rings. The molecule has 0 aliphatic carbocycles. The first-order valence-corrected chi connectivity index (χ1v) is 5.36. The fraction of sp³-hybridized carbons (Fsp3) is 0.200. The maximum absolute atomic E-state index is 12.7. The summed E-state index contributed by atoms with van der Waals surface area (Å²) < 4.78 is 12.7. The molecule has 2 rings (SSSR count). The van der Waals surface area contributed by atoms with E-state index in [1.165, 1.54) is 12.1 Å². The summed E-state index contributed by atoms with van der Waals surface area (Å²) >= 11 is 11.0. The Morgan fingerprint density at radius 2 is 1.82 bits per heavy atom. The Morgan fingerprint density at radius 1 is 1.29 bits per heavy atom. The molecule has 2 amide bonds. The van der Waals surface area contributed by atoms with Gasteiger partial charge < -0.3 is 5.11 Å². The van der Waals surface area contributed by atoms with E-state index >= 15 is 0 Å². The molecule has 1 aliphatic heterocycles. The number of nitrogens with zero attached hydrogens (tertiary/aromatic N) is 1. The van der Waals surface area contributed by atoms with E-state index in [1.807, 2.05) is 0 Å². The number of hydrogen-bond donors (Lipinski definition) is 1. The highest BCUT2D eigenvalue weighted by molar-refractivity contribution is 6.53. The number of rotatable bonds is 1. The van der Waals surface area contributed by atoms with Gasteiger partial charge >= 0.3 is 0 Å². The van der Waals surface area contributed by atoms with Gasteiger partial charge in [0.1, 0.15) is 5.82 Å². The van der Waals surface area contributed by atoms with Gasteiger partial charge in [0.05, 0.1) is 5.69 Å². The van der Waals surface area contributed by atoms with Crippen molar-refractivity contribution in [3.63, 3.8) is 0 Å². The molecule has 17 heavy (non-hydrogen) atoms. The van der Waals surface area contributed by atoms with Gasteiger partial charge in [-0.3, -0.25) is 9.59 Å². The Kier molecular flexibility index (Phi) is 2.85. The highest BCUT2D eigenvalue weighted by atomic mass is 35.5. The molecule has 90 valence electrons. The zero-order valence-electron chi connectivity index (χ0n) is 8.23. The summed E-state index contributed by atoms with van der Waals surface area (Å²) in [6.07, 6.45) is 0. The predicted molar refractivity (Wildman–Crippen MR) is 59.3 cm³/mol. The summed E-state index contributed by atoms with van der Waals surface area (Å²) in [6.45, 7) is 0. The molecule has 4 nitrogen and oxygen atoms in total. The summed E-state index contributed by atoms with van der Waals surface area (Å²) in [4.78, 5) is 24.0. The molecule has 1 fully saturated rings. The Labute approximate surface area is 106 Å². The van der Waals surface area contributed by atoms with Crippen molar-refractivity contribution in [2.75, 3.05) is 4.90 Å². The topological polar surface area (TPSA) is 57.6 Å². The van der Waals surface area contributed by atoms with E-state index in [2.05, 4.69) is 0 Å². The first-order valence-electron chi connectivity index (χ1n) is 4.55. The predicted octanol–water partition coefficient (Wildman–Crippen LogP) is 1.23. The van der Waals surface area contributed by atoms with Crippen LogP contribution in [0.3, 0.4) is 0 Å². The van der Waals surface area contributed by atoms with E-state index in [1.54, 1.807) is 0 Å². The molecule has 2 atom stereocenters. The number of imide groups is 1. The number of halogens is 3. The maximum atomic E-state index is 12.7. The van der Waals surface area contributed by atoms with Gasteiger partial charge in [-0.1, -0.05) is 11.6 Å². The van der Waals surface area contributed by atoms with Crippen molar-refractivity contribution in [1.29, 1.82) is 0 Å². The Hall–Kier alpha value is -1.17. The van der Waals surface area contributed by atoms with E-state index in [9.17, 15) is 19.1 Å². The molecule has 1 aromatic carbocycles. The average molecular weight is 278 g/mol. The number of anilines is 1. The van der Waals surface area contributed by atoms with Gasteiger partial charge in [-0.25, -0.2) is 9.29 Å². The molecule has 0 spiro atoms. The molecule has 0 radical (unpaired) electrons. The number of alkyl halides is 2. The fourth-order valence-corrected chi connectivity index (χ4v) is 1.85. The van der Waals surface area contributed by atoms with Crippen molar-refractivity contribution in [2.45, 2.75) is 10.4 Å². The minimum Gasteiger partial charge on any atom is -0.366 e. The van der Waals surface area contributed by atoms with E-state index in [0.29, 0.717) is 4.90 Å². The third-order valence-electron chi connectivity index (χ3n) is 2.36. The van der Waals surface area contributed by atoms with Crippen molar-refractivity contribution >= 4 is 40.7 Å². The Balaban J connectivity index is 2.44. The van der Waals surface area contributed by atoms with Crippen molar-refractivity contribution < 1.29 is 19.1 Å². The number of amides is 2. The quantitative estimate of drug-likeness (QED) is 0.621. The summed E-state index contributed by atoms with van der Waals surface area (Å²) in [5.74, 6) is -2.41. The zero-order valence-corrected chi connectivity index (χ0v) is 9.74. The van der Waals surface area contributed by atoms with E-state index in [0.717, 1.165) is 12.1 Å². The van der Waals surface area contributed by atoms with Crippen LogP contribution >= 0.6 is 23.2 Å². The lowest BCUT2D eigenvalue weighted by Gasteiger charge is -2.15. The molecule has 1 heterocycles. The van der Waals surface area contributed by atoms with Crippen molar-refractivity contribution in [3.05, 3.63) is 30.1 Å². The van der Waals surface area contributed by atoms with Crippen LogP contribution in [0.15, 0.2) is 24.3 Å². The van der Waals surface area contributed by atoms with E-state index < -0.39 is 28.1 Å². The van der Waals surface area contributed by atoms with Crippen LogP contribution in [0.5, 0.6) is 0 Å². The molecule has 0 aromatic heterocycles. The molecule has 2 unspecified atom stereocenters. The molecule has 0 bridgehead atoms. The van der Waals surface area contributed by atoms with Crippen LogP contribution in [0.25, 0.3) is 0 Å². The molecule has 1 aliphatic rings. The van der Waals surface area contributed by atoms with Crippen molar-refractivity contribution in [1.82, 2.24) is 0 Å². The number of carbonyl (C=O) groups excluding carboxylic acids is 2. The third-order valence-corrected chi connectivity index (χ3v) is 3.35. The Bertz CT molecular complexity index is 489. The second kappa shape index (κ2) is 3.94. The summed E-state index contributed by atoms with van der Waals surface area (Å²) in [6, 6.07) is 4.58. The lowest BCUT2D eigenvalue weighted by Crippen LogP contribution is -2.38. The number of benzene rings is 1.